The van der Waals surface area contributed by atoms with Crippen LogP contribution in [0.4, 0.5) is 0 Å². The van der Waals surface area contributed by atoms with Crippen LogP contribution in [0, 0.1) is 6.92 Å². The summed E-state index contributed by atoms with van der Waals surface area (Å²) in [7, 11) is 0. The van der Waals surface area contributed by atoms with E-state index in [4.69, 9.17) is 5.11 Å². The number of fused-ring (bicyclic) bond motifs is 1. The molecular weight excluding hydrogens is 188 g/mol. The Morgan fingerprint density at radius 2 is 2.31 bits per heavy atom. The molecule has 0 saturated carbocycles. The second-order valence-corrected chi connectivity index (χ2v) is 3.86. The number of carboxylic acid groups (broad SMARTS) is 1. The number of carbonyl (C=O) groups is 1. The molecule has 0 amide bonds. The van der Waals surface area contributed by atoms with Crippen LogP contribution in [0.25, 0.3) is 10.2 Å². The van der Waals surface area contributed by atoms with Gasteiger partial charge in [0.15, 0.2) is 5.69 Å². The van der Waals surface area contributed by atoms with Gasteiger partial charge < -0.3 is 5.11 Å². The molecule has 0 saturated heterocycles. The predicted octanol–water partition coefficient (Wildman–Crippen LogP) is 1.70. The van der Waals surface area contributed by atoms with Gasteiger partial charge in [-0.05, 0) is 13.0 Å². The van der Waals surface area contributed by atoms with Crippen molar-refractivity contribution in [2.75, 3.05) is 0 Å². The van der Waals surface area contributed by atoms with Gasteiger partial charge in [-0.15, -0.1) is 11.3 Å². The molecule has 0 unspecified atom stereocenters. The Hall–Kier alpha value is -1.49. The maximum atomic E-state index is 10.7. The molecular formula is C8H6N2O2S. The van der Waals surface area contributed by atoms with E-state index < -0.39 is 5.97 Å². The van der Waals surface area contributed by atoms with Crippen LogP contribution in [-0.4, -0.2) is 21.0 Å². The maximum absolute atomic E-state index is 10.7. The lowest BCUT2D eigenvalue weighted by Crippen LogP contribution is -2.00. The van der Waals surface area contributed by atoms with Gasteiger partial charge in [-0.25, -0.2) is 14.8 Å². The number of aryl methyl sites for hydroxylation is 1. The second kappa shape index (κ2) is 2.77. The molecule has 1 N–H and O–H groups in total. The molecule has 0 spiro atoms. The van der Waals surface area contributed by atoms with E-state index in [0.29, 0.717) is 10.2 Å². The summed E-state index contributed by atoms with van der Waals surface area (Å²) in [4.78, 5) is 19.5. The number of thiophene rings is 1. The lowest BCUT2D eigenvalue weighted by molar-refractivity contribution is 0.0693. The third kappa shape index (κ3) is 1.27. The van der Waals surface area contributed by atoms with Crippen molar-refractivity contribution < 1.29 is 9.90 Å². The summed E-state index contributed by atoms with van der Waals surface area (Å²) in [6.45, 7) is 1.91. The number of nitrogens with zero attached hydrogens (tertiary/aromatic N) is 2. The Balaban J connectivity index is 2.82. The number of rotatable bonds is 1. The normalized spacial score (nSPS) is 10.5. The topological polar surface area (TPSA) is 63.1 Å². The first-order valence-electron chi connectivity index (χ1n) is 3.63. The Morgan fingerprint density at radius 1 is 1.54 bits per heavy atom. The van der Waals surface area contributed by atoms with Gasteiger partial charge >= 0.3 is 5.97 Å². The van der Waals surface area contributed by atoms with Crippen molar-refractivity contribution in [3.63, 3.8) is 0 Å². The molecule has 0 aromatic carbocycles. The van der Waals surface area contributed by atoms with E-state index in [-0.39, 0.29) is 5.69 Å². The summed E-state index contributed by atoms with van der Waals surface area (Å²) in [6.07, 6.45) is 1.28. The zero-order chi connectivity index (χ0) is 9.42. The lowest BCUT2D eigenvalue weighted by Gasteiger charge is -1.92. The number of carboxylic acids is 1. The minimum atomic E-state index is -1.01. The van der Waals surface area contributed by atoms with Crippen LogP contribution in [0.5, 0.6) is 0 Å². The average molecular weight is 194 g/mol. The Kier molecular flexibility index (Phi) is 1.73. The van der Waals surface area contributed by atoms with Gasteiger partial charge in [0.1, 0.15) is 6.33 Å². The standard InChI is InChI=1S/C8H6N2O2S/c1-4-2-5-7(13-4)6(8(11)12)10-3-9-5/h2-3H,1H3,(H,11,12). The van der Waals surface area contributed by atoms with Crippen molar-refractivity contribution in [3.8, 4) is 0 Å². The van der Waals surface area contributed by atoms with Crippen molar-refractivity contribution >= 4 is 27.5 Å². The van der Waals surface area contributed by atoms with Gasteiger partial charge in [-0.3, -0.25) is 0 Å². The molecule has 4 nitrogen and oxygen atoms in total. The summed E-state index contributed by atoms with van der Waals surface area (Å²) < 4.78 is 0.646. The van der Waals surface area contributed by atoms with Crippen LogP contribution in [0.1, 0.15) is 15.4 Å². The highest BCUT2D eigenvalue weighted by atomic mass is 32.1. The monoisotopic (exact) mass is 194 g/mol. The van der Waals surface area contributed by atoms with Crippen molar-refractivity contribution in [1.29, 1.82) is 0 Å². The molecule has 13 heavy (non-hydrogen) atoms. The molecule has 0 atom stereocenters. The van der Waals surface area contributed by atoms with Gasteiger partial charge in [-0.2, -0.15) is 0 Å². The van der Waals surface area contributed by atoms with Crippen molar-refractivity contribution in [2.24, 2.45) is 0 Å². The third-order valence-electron chi connectivity index (χ3n) is 1.64. The number of aromatic carboxylic acids is 1. The minimum Gasteiger partial charge on any atom is -0.476 e. The average Bonchev–Trinajstić information content (AvgIpc) is 2.43. The third-order valence-corrected chi connectivity index (χ3v) is 2.68. The molecule has 0 aliphatic heterocycles. The summed E-state index contributed by atoms with van der Waals surface area (Å²) in [6, 6.07) is 1.86. The fraction of sp³-hybridized carbons (Fsp3) is 0.125. The smallest absolute Gasteiger partial charge is 0.356 e. The highest BCUT2D eigenvalue weighted by Gasteiger charge is 2.12. The van der Waals surface area contributed by atoms with Crippen molar-refractivity contribution in [2.45, 2.75) is 6.92 Å². The molecule has 2 heterocycles. The van der Waals surface area contributed by atoms with Crippen LogP contribution < -0.4 is 0 Å². The number of hydrogen-bond donors (Lipinski definition) is 1. The van der Waals surface area contributed by atoms with Gasteiger partial charge in [0.05, 0.1) is 10.2 Å². The van der Waals surface area contributed by atoms with Crippen molar-refractivity contribution in [1.82, 2.24) is 9.97 Å². The minimum absolute atomic E-state index is 0.0862. The highest BCUT2D eigenvalue weighted by molar-refractivity contribution is 7.19. The molecule has 0 radical (unpaired) electrons. The van der Waals surface area contributed by atoms with Gasteiger partial charge in [0.2, 0.25) is 0 Å². The molecule has 0 fully saturated rings. The zero-order valence-electron chi connectivity index (χ0n) is 6.81. The highest BCUT2D eigenvalue weighted by Crippen LogP contribution is 2.24. The molecule has 2 aromatic rings. The first-order chi connectivity index (χ1) is 6.18. The van der Waals surface area contributed by atoms with Crippen LogP contribution in [-0.2, 0) is 0 Å². The first kappa shape index (κ1) is 8.12. The second-order valence-electron chi connectivity index (χ2n) is 2.60. The maximum Gasteiger partial charge on any atom is 0.356 e. The summed E-state index contributed by atoms with van der Waals surface area (Å²) in [5.74, 6) is -1.01. The van der Waals surface area contributed by atoms with Crippen LogP contribution in [0.15, 0.2) is 12.4 Å². The SMILES string of the molecule is Cc1cc2ncnc(C(=O)O)c2s1. The van der Waals surface area contributed by atoms with Crippen LogP contribution in [0.3, 0.4) is 0 Å². The van der Waals surface area contributed by atoms with E-state index in [0.717, 1.165) is 4.88 Å². The fourth-order valence-corrected chi connectivity index (χ4v) is 2.07. The summed E-state index contributed by atoms with van der Waals surface area (Å²) >= 11 is 1.40. The first-order valence-corrected chi connectivity index (χ1v) is 4.44. The molecule has 2 aromatic heterocycles. The van der Waals surface area contributed by atoms with Crippen LogP contribution >= 0.6 is 11.3 Å². The molecule has 5 heteroatoms. The molecule has 0 aliphatic rings. The quantitative estimate of drug-likeness (QED) is 0.750. The zero-order valence-corrected chi connectivity index (χ0v) is 7.63. The molecule has 0 bridgehead atoms. The van der Waals surface area contributed by atoms with E-state index in [1.807, 2.05) is 13.0 Å². The van der Waals surface area contributed by atoms with Gasteiger partial charge in [-0.1, -0.05) is 0 Å². The number of hydrogen-bond acceptors (Lipinski definition) is 4. The predicted molar refractivity (Wildman–Crippen MR) is 49.1 cm³/mol. The molecule has 0 aliphatic carbocycles. The summed E-state index contributed by atoms with van der Waals surface area (Å²) in [5.41, 5.74) is 0.790. The fourth-order valence-electron chi connectivity index (χ4n) is 1.13. The Morgan fingerprint density at radius 3 is 3.00 bits per heavy atom. The van der Waals surface area contributed by atoms with E-state index in [2.05, 4.69) is 9.97 Å². The largest absolute Gasteiger partial charge is 0.476 e. The van der Waals surface area contributed by atoms with Crippen molar-refractivity contribution in [3.05, 3.63) is 23.0 Å². The van der Waals surface area contributed by atoms with E-state index in [1.54, 1.807) is 0 Å². The summed E-state index contributed by atoms with van der Waals surface area (Å²) in [5, 5.41) is 8.81. The Labute approximate surface area is 77.9 Å². The van der Waals surface area contributed by atoms with E-state index in [9.17, 15) is 4.79 Å². The molecule has 2 rings (SSSR count). The van der Waals surface area contributed by atoms with E-state index >= 15 is 0 Å². The van der Waals surface area contributed by atoms with E-state index in [1.165, 1.54) is 17.7 Å². The van der Waals surface area contributed by atoms with Gasteiger partial charge in [0, 0.05) is 4.88 Å². The molecule has 66 valence electrons. The number of aromatic nitrogens is 2. The lowest BCUT2D eigenvalue weighted by atomic mass is 10.3. The van der Waals surface area contributed by atoms with Gasteiger partial charge in [0.25, 0.3) is 0 Å². The van der Waals surface area contributed by atoms with Crippen LogP contribution in [0.2, 0.25) is 0 Å². The Bertz CT molecular complexity index is 478.